The molecule has 0 saturated heterocycles. The maximum atomic E-state index is 13.5. The van der Waals surface area contributed by atoms with Crippen LogP contribution in [0.15, 0.2) is 72.8 Å². The maximum Gasteiger partial charge on any atom is 0.254 e. The largest absolute Gasteiger partial charge is 0.504 e. The summed E-state index contributed by atoms with van der Waals surface area (Å²) in [6, 6.07) is 22.8. The molecule has 33 heavy (non-hydrogen) atoms. The molecule has 0 saturated carbocycles. The van der Waals surface area contributed by atoms with Gasteiger partial charge in [0.25, 0.3) is 5.91 Å². The van der Waals surface area contributed by atoms with E-state index in [1.807, 2.05) is 59.5 Å². The minimum atomic E-state index is -0.153. The molecular formula is C27H29N3O3. The number of imidazole rings is 1. The molecule has 4 aromatic rings. The number of hydrogen-bond donors (Lipinski definition) is 1. The normalized spacial score (nSPS) is 11.2. The lowest BCUT2D eigenvalue weighted by Crippen LogP contribution is -2.33. The number of rotatable bonds is 8. The summed E-state index contributed by atoms with van der Waals surface area (Å²) in [5.41, 5.74) is 3.30. The Kier molecular flexibility index (Phi) is 6.63. The summed E-state index contributed by atoms with van der Waals surface area (Å²) in [6.07, 6.45) is 0.861. The molecule has 0 bridgehead atoms. The first-order valence-electron chi connectivity index (χ1n) is 11.2. The molecule has 0 atom stereocenters. The molecule has 3 aromatic carbocycles. The first-order valence-corrected chi connectivity index (χ1v) is 11.2. The molecular weight excluding hydrogens is 414 g/mol. The van der Waals surface area contributed by atoms with Crippen LogP contribution in [-0.2, 0) is 6.54 Å². The van der Waals surface area contributed by atoms with Crippen molar-refractivity contribution in [1.29, 1.82) is 0 Å². The van der Waals surface area contributed by atoms with Crippen molar-refractivity contribution in [1.82, 2.24) is 14.5 Å². The third-order valence-electron chi connectivity index (χ3n) is 5.67. The molecule has 0 aliphatic rings. The van der Waals surface area contributed by atoms with Gasteiger partial charge in [-0.1, -0.05) is 44.2 Å². The van der Waals surface area contributed by atoms with Crippen molar-refractivity contribution in [2.45, 2.75) is 26.8 Å². The number of phenolic OH excluding ortho intramolecular Hbond substituents is 1. The quantitative estimate of drug-likeness (QED) is 0.394. The van der Waals surface area contributed by atoms with Crippen LogP contribution in [0, 0.1) is 5.92 Å². The topological polar surface area (TPSA) is 67.6 Å². The van der Waals surface area contributed by atoms with Crippen LogP contribution in [0.1, 0.15) is 36.5 Å². The minimum absolute atomic E-state index is 0.0521. The molecule has 1 aromatic heterocycles. The SMILES string of the molecule is COc1ccc(C(=O)N(CCC(C)C)Cc2nc3ccccc3n2-c2ccccc2)cc1O. The van der Waals surface area contributed by atoms with Crippen molar-refractivity contribution >= 4 is 16.9 Å². The minimum Gasteiger partial charge on any atom is -0.504 e. The fourth-order valence-corrected chi connectivity index (χ4v) is 3.89. The molecule has 0 aliphatic heterocycles. The number of methoxy groups -OCH3 is 1. The van der Waals surface area contributed by atoms with Gasteiger partial charge in [0, 0.05) is 17.8 Å². The lowest BCUT2D eigenvalue weighted by Gasteiger charge is -2.24. The van der Waals surface area contributed by atoms with Crippen LogP contribution in [0.5, 0.6) is 11.5 Å². The summed E-state index contributed by atoms with van der Waals surface area (Å²) < 4.78 is 7.23. The number of aromatic hydroxyl groups is 1. The van der Waals surface area contributed by atoms with Crippen LogP contribution in [0.2, 0.25) is 0 Å². The monoisotopic (exact) mass is 443 g/mol. The Morgan fingerprint density at radius 2 is 1.79 bits per heavy atom. The first kappa shape index (κ1) is 22.4. The third-order valence-corrected chi connectivity index (χ3v) is 5.67. The Morgan fingerprint density at radius 3 is 2.48 bits per heavy atom. The van der Waals surface area contributed by atoms with Gasteiger partial charge < -0.3 is 14.7 Å². The van der Waals surface area contributed by atoms with E-state index < -0.39 is 0 Å². The van der Waals surface area contributed by atoms with E-state index in [4.69, 9.17) is 9.72 Å². The van der Waals surface area contributed by atoms with Crippen LogP contribution in [0.25, 0.3) is 16.7 Å². The Labute approximate surface area is 194 Å². The van der Waals surface area contributed by atoms with Gasteiger partial charge in [-0.15, -0.1) is 0 Å². The lowest BCUT2D eigenvalue weighted by molar-refractivity contribution is 0.0730. The van der Waals surface area contributed by atoms with Gasteiger partial charge in [-0.25, -0.2) is 4.98 Å². The average molecular weight is 444 g/mol. The number of para-hydroxylation sites is 3. The second-order valence-corrected chi connectivity index (χ2v) is 8.48. The highest BCUT2D eigenvalue weighted by Gasteiger charge is 2.22. The number of ether oxygens (including phenoxy) is 1. The predicted molar refractivity (Wildman–Crippen MR) is 130 cm³/mol. The zero-order valence-electron chi connectivity index (χ0n) is 19.2. The smallest absolute Gasteiger partial charge is 0.254 e. The Bertz CT molecular complexity index is 1250. The van der Waals surface area contributed by atoms with Crippen LogP contribution in [-0.4, -0.2) is 39.1 Å². The highest BCUT2D eigenvalue weighted by atomic mass is 16.5. The molecule has 1 N–H and O–H groups in total. The van der Waals surface area contributed by atoms with E-state index in [1.165, 1.54) is 13.2 Å². The van der Waals surface area contributed by atoms with E-state index >= 15 is 0 Å². The van der Waals surface area contributed by atoms with Crippen molar-refractivity contribution in [3.05, 3.63) is 84.2 Å². The van der Waals surface area contributed by atoms with Gasteiger partial charge in [0.1, 0.15) is 5.82 Å². The molecule has 6 nitrogen and oxygen atoms in total. The highest BCUT2D eigenvalue weighted by Crippen LogP contribution is 2.28. The Hall–Kier alpha value is -3.80. The number of carbonyl (C=O) groups excluding carboxylic acids is 1. The second kappa shape index (κ2) is 9.77. The zero-order chi connectivity index (χ0) is 23.4. The molecule has 4 rings (SSSR count). The van der Waals surface area contributed by atoms with Crippen molar-refractivity contribution < 1.29 is 14.6 Å². The number of nitrogens with zero attached hydrogens (tertiary/aromatic N) is 3. The number of benzene rings is 3. The number of hydrogen-bond acceptors (Lipinski definition) is 4. The molecule has 0 fully saturated rings. The van der Waals surface area contributed by atoms with E-state index in [9.17, 15) is 9.90 Å². The van der Waals surface area contributed by atoms with Gasteiger partial charge in [-0.05, 0) is 54.8 Å². The Balaban J connectivity index is 1.74. The Morgan fingerprint density at radius 1 is 1.06 bits per heavy atom. The average Bonchev–Trinajstić information content (AvgIpc) is 3.19. The fraction of sp³-hybridized carbons (Fsp3) is 0.259. The number of amides is 1. The molecule has 170 valence electrons. The zero-order valence-corrected chi connectivity index (χ0v) is 19.2. The maximum absolute atomic E-state index is 13.5. The molecule has 0 spiro atoms. The summed E-state index contributed by atoms with van der Waals surface area (Å²) in [5.74, 6) is 1.37. The number of carbonyl (C=O) groups is 1. The number of fused-ring (bicyclic) bond motifs is 1. The molecule has 0 radical (unpaired) electrons. The van der Waals surface area contributed by atoms with Crippen molar-refractivity contribution in [2.24, 2.45) is 5.92 Å². The molecule has 6 heteroatoms. The van der Waals surface area contributed by atoms with Gasteiger partial charge >= 0.3 is 0 Å². The van der Waals surface area contributed by atoms with Gasteiger partial charge in [-0.3, -0.25) is 9.36 Å². The van der Waals surface area contributed by atoms with E-state index in [1.54, 1.807) is 12.1 Å². The number of phenols is 1. The van der Waals surface area contributed by atoms with Crippen LogP contribution in [0.4, 0.5) is 0 Å². The predicted octanol–water partition coefficient (Wildman–Crippen LogP) is 5.43. The van der Waals surface area contributed by atoms with Crippen LogP contribution in [0.3, 0.4) is 0 Å². The van der Waals surface area contributed by atoms with Crippen LogP contribution >= 0.6 is 0 Å². The molecule has 0 unspecified atom stereocenters. The summed E-state index contributed by atoms with van der Waals surface area (Å²) in [5, 5.41) is 10.2. The molecule has 0 aliphatic carbocycles. The standard InChI is InChI=1S/C27H29N3O3/c1-19(2)15-16-29(27(32)20-13-14-25(33-3)24(31)17-20)18-26-28-22-11-7-8-12-23(22)30(26)21-9-5-4-6-10-21/h4-14,17,19,31H,15-16,18H2,1-3H3. The number of aromatic nitrogens is 2. The van der Waals surface area contributed by atoms with Gasteiger partial charge in [-0.2, -0.15) is 0 Å². The summed E-state index contributed by atoms with van der Waals surface area (Å²) >= 11 is 0. The molecule has 1 heterocycles. The van der Waals surface area contributed by atoms with Gasteiger partial charge in [0.2, 0.25) is 0 Å². The third kappa shape index (κ3) is 4.85. The van der Waals surface area contributed by atoms with Crippen molar-refractivity contribution in [2.75, 3.05) is 13.7 Å². The first-order chi connectivity index (χ1) is 16.0. The van der Waals surface area contributed by atoms with Gasteiger partial charge in [0.15, 0.2) is 11.5 Å². The lowest BCUT2D eigenvalue weighted by atomic mass is 10.1. The summed E-state index contributed by atoms with van der Waals surface area (Å²) in [4.78, 5) is 20.2. The highest BCUT2D eigenvalue weighted by molar-refractivity contribution is 5.95. The summed E-state index contributed by atoms with van der Waals surface area (Å²) in [7, 11) is 1.49. The van der Waals surface area contributed by atoms with Crippen molar-refractivity contribution in [3.63, 3.8) is 0 Å². The molecule has 1 amide bonds. The van der Waals surface area contributed by atoms with Crippen LogP contribution < -0.4 is 4.74 Å². The second-order valence-electron chi connectivity index (χ2n) is 8.48. The summed E-state index contributed by atoms with van der Waals surface area (Å²) in [6.45, 7) is 5.21. The van der Waals surface area contributed by atoms with E-state index in [0.29, 0.717) is 30.3 Å². The fourth-order valence-electron chi connectivity index (χ4n) is 3.89. The van der Waals surface area contributed by atoms with E-state index in [0.717, 1.165) is 29.0 Å². The van der Waals surface area contributed by atoms with E-state index in [-0.39, 0.29) is 11.7 Å². The van der Waals surface area contributed by atoms with E-state index in [2.05, 4.69) is 18.4 Å². The van der Waals surface area contributed by atoms with Crippen molar-refractivity contribution in [3.8, 4) is 17.2 Å². The van der Waals surface area contributed by atoms with Gasteiger partial charge in [0.05, 0.1) is 24.7 Å².